The van der Waals surface area contributed by atoms with Crippen molar-refractivity contribution in [2.24, 2.45) is 0 Å². The molecule has 0 atom stereocenters. The predicted octanol–water partition coefficient (Wildman–Crippen LogP) is 3.49. The minimum atomic E-state index is -0.960. The molecule has 3 aromatic rings. The molecule has 0 saturated heterocycles. The lowest BCUT2D eigenvalue weighted by Gasteiger charge is -1.99. The van der Waals surface area contributed by atoms with Crippen LogP contribution in [0.25, 0.3) is 22.5 Å². The lowest BCUT2D eigenvalue weighted by molar-refractivity contribution is 0.0697. The number of pyridine rings is 1. The summed E-state index contributed by atoms with van der Waals surface area (Å²) in [4.78, 5) is 15.0. The van der Waals surface area contributed by atoms with Gasteiger partial charge in [-0.1, -0.05) is 23.7 Å². The van der Waals surface area contributed by atoms with Gasteiger partial charge in [-0.2, -0.15) is 5.10 Å². The van der Waals surface area contributed by atoms with Crippen LogP contribution in [-0.2, 0) is 0 Å². The number of carboxylic acids is 1. The van der Waals surface area contributed by atoms with Crippen LogP contribution in [0, 0.1) is 0 Å². The molecule has 0 radical (unpaired) electrons. The van der Waals surface area contributed by atoms with E-state index >= 15 is 0 Å². The molecule has 6 heteroatoms. The van der Waals surface area contributed by atoms with Crippen LogP contribution in [0.5, 0.6) is 0 Å². The number of hydrogen-bond donors (Lipinski definition) is 2. The molecule has 0 unspecified atom stereocenters. The molecule has 0 aliphatic carbocycles. The Labute approximate surface area is 125 Å². The van der Waals surface area contributed by atoms with E-state index in [0.717, 1.165) is 22.5 Å². The zero-order valence-electron chi connectivity index (χ0n) is 10.7. The second-order valence-corrected chi connectivity index (χ2v) is 4.81. The summed E-state index contributed by atoms with van der Waals surface area (Å²) in [7, 11) is 0. The van der Waals surface area contributed by atoms with Crippen LogP contribution in [0.2, 0.25) is 5.15 Å². The third-order valence-electron chi connectivity index (χ3n) is 3.02. The van der Waals surface area contributed by atoms with Crippen LogP contribution < -0.4 is 0 Å². The average molecular weight is 300 g/mol. The van der Waals surface area contributed by atoms with E-state index in [1.54, 1.807) is 30.5 Å². The maximum absolute atomic E-state index is 11.0. The predicted molar refractivity (Wildman–Crippen MR) is 79.2 cm³/mol. The van der Waals surface area contributed by atoms with Gasteiger partial charge in [0.2, 0.25) is 0 Å². The van der Waals surface area contributed by atoms with Crippen molar-refractivity contribution in [2.75, 3.05) is 0 Å². The maximum atomic E-state index is 11.0. The highest BCUT2D eigenvalue weighted by Gasteiger charge is 2.09. The highest BCUT2D eigenvalue weighted by Crippen LogP contribution is 2.24. The van der Waals surface area contributed by atoms with E-state index in [1.165, 1.54) is 0 Å². The van der Waals surface area contributed by atoms with Crippen LogP contribution in [0.1, 0.15) is 10.4 Å². The molecule has 2 N–H and O–H groups in total. The number of halogens is 1. The van der Waals surface area contributed by atoms with Gasteiger partial charge in [-0.3, -0.25) is 5.10 Å². The van der Waals surface area contributed by atoms with Gasteiger partial charge in [-0.15, -0.1) is 0 Å². The average Bonchev–Trinajstić information content (AvgIpc) is 2.98. The molecule has 5 nitrogen and oxygen atoms in total. The molecule has 0 bridgehead atoms. The summed E-state index contributed by atoms with van der Waals surface area (Å²) >= 11 is 5.75. The van der Waals surface area contributed by atoms with E-state index in [2.05, 4.69) is 15.2 Å². The Kier molecular flexibility index (Phi) is 3.41. The Morgan fingerprint density at radius 3 is 2.71 bits per heavy atom. The Hall–Kier alpha value is -2.66. The zero-order chi connectivity index (χ0) is 14.8. The van der Waals surface area contributed by atoms with Gasteiger partial charge in [0, 0.05) is 17.3 Å². The standard InChI is InChI=1S/C15H10ClN3O2/c16-14-5-4-11(8-17-14)13-7-12(18-19-13)9-2-1-3-10(6-9)15(20)21/h1-8H,(H,18,19)(H,20,21). The minimum absolute atomic E-state index is 0.233. The number of benzene rings is 1. The Bertz CT molecular complexity index is 797. The molecule has 0 fully saturated rings. The van der Waals surface area contributed by atoms with E-state index in [-0.39, 0.29) is 5.56 Å². The number of hydrogen-bond acceptors (Lipinski definition) is 3. The molecule has 0 spiro atoms. The molecule has 2 aromatic heterocycles. The monoisotopic (exact) mass is 299 g/mol. The first kappa shape index (κ1) is 13.3. The SMILES string of the molecule is O=C(O)c1cccc(-c2cc(-c3ccc(Cl)nc3)n[nH]2)c1. The number of carboxylic acid groups (broad SMARTS) is 1. The third kappa shape index (κ3) is 2.78. The van der Waals surface area contributed by atoms with Crippen LogP contribution in [-0.4, -0.2) is 26.3 Å². The number of aromatic amines is 1. The van der Waals surface area contributed by atoms with Crippen LogP contribution in [0.15, 0.2) is 48.7 Å². The lowest BCUT2D eigenvalue weighted by Crippen LogP contribution is -1.95. The molecule has 3 rings (SSSR count). The number of H-pyrrole nitrogens is 1. The van der Waals surface area contributed by atoms with Gasteiger partial charge in [0.05, 0.1) is 17.0 Å². The molecule has 2 heterocycles. The summed E-state index contributed by atoms with van der Waals surface area (Å²) in [6.45, 7) is 0. The van der Waals surface area contributed by atoms with Gasteiger partial charge in [-0.05, 0) is 30.3 Å². The normalized spacial score (nSPS) is 10.5. The quantitative estimate of drug-likeness (QED) is 0.726. The van der Waals surface area contributed by atoms with E-state index < -0.39 is 5.97 Å². The highest BCUT2D eigenvalue weighted by atomic mass is 35.5. The third-order valence-corrected chi connectivity index (χ3v) is 3.25. The number of aromatic carboxylic acids is 1. The van der Waals surface area contributed by atoms with Crippen LogP contribution in [0.4, 0.5) is 0 Å². The van der Waals surface area contributed by atoms with Gasteiger partial charge in [0.25, 0.3) is 0 Å². The molecular formula is C15H10ClN3O2. The topological polar surface area (TPSA) is 78.9 Å². The Balaban J connectivity index is 1.96. The highest BCUT2D eigenvalue weighted by molar-refractivity contribution is 6.29. The van der Waals surface area contributed by atoms with E-state index in [9.17, 15) is 4.79 Å². The first-order valence-electron chi connectivity index (χ1n) is 6.14. The van der Waals surface area contributed by atoms with Crippen molar-refractivity contribution in [3.8, 4) is 22.5 Å². The molecule has 0 saturated carbocycles. The maximum Gasteiger partial charge on any atom is 0.335 e. The van der Waals surface area contributed by atoms with E-state index in [0.29, 0.717) is 5.15 Å². The molecule has 104 valence electrons. The smallest absolute Gasteiger partial charge is 0.335 e. The van der Waals surface area contributed by atoms with Crippen molar-refractivity contribution in [1.29, 1.82) is 0 Å². The number of carbonyl (C=O) groups is 1. The number of nitrogens with one attached hydrogen (secondary N) is 1. The Morgan fingerprint density at radius 2 is 2.00 bits per heavy atom. The van der Waals surface area contributed by atoms with Gasteiger partial charge >= 0.3 is 5.97 Å². The lowest BCUT2D eigenvalue weighted by atomic mass is 10.1. The summed E-state index contributed by atoms with van der Waals surface area (Å²) < 4.78 is 0. The fraction of sp³-hybridized carbons (Fsp3) is 0. The second-order valence-electron chi connectivity index (χ2n) is 4.42. The first-order valence-corrected chi connectivity index (χ1v) is 6.52. The minimum Gasteiger partial charge on any atom is -0.478 e. The van der Waals surface area contributed by atoms with Crippen LogP contribution in [0.3, 0.4) is 0 Å². The fourth-order valence-corrected chi connectivity index (χ4v) is 2.08. The molecule has 1 aromatic carbocycles. The van der Waals surface area contributed by atoms with E-state index in [1.807, 2.05) is 18.2 Å². The molecular weight excluding hydrogens is 290 g/mol. The largest absolute Gasteiger partial charge is 0.478 e. The van der Waals surface area contributed by atoms with Gasteiger partial charge in [-0.25, -0.2) is 9.78 Å². The second kappa shape index (κ2) is 5.38. The van der Waals surface area contributed by atoms with Crippen molar-refractivity contribution in [2.45, 2.75) is 0 Å². The van der Waals surface area contributed by atoms with Crippen molar-refractivity contribution in [1.82, 2.24) is 15.2 Å². The summed E-state index contributed by atoms with van der Waals surface area (Å²) in [5.74, 6) is -0.960. The van der Waals surface area contributed by atoms with Crippen molar-refractivity contribution in [3.05, 3.63) is 59.4 Å². The first-order chi connectivity index (χ1) is 10.1. The molecule has 0 aliphatic heterocycles. The van der Waals surface area contributed by atoms with Gasteiger partial charge in [0.1, 0.15) is 5.15 Å². The number of nitrogens with zero attached hydrogens (tertiary/aromatic N) is 2. The summed E-state index contributed by atoms with van der Waals surface area (Å²) in [5, 5.41) is 16.5. The zero-order valence-corrected chi connectivity index (χ0v) is 11.5. The number of aromatic nitrogens is 3. The van der Waals surface area contributed by atoms with Crippen molar-refractivity contribution in [3.63, 3.8) is 0 Å². The number of rotatable bonds is 3. The molecule has 21 heavy (non-hydrogen) atoms. The van der Waals surface area contributed by atoms with Crippen molar-refractivity contribution >= 4 is 17.6 Å². The molecule has 0 amide bonds. The van der Waals surface area contributed by atoms with Gasteiger partial charge in [0.15, 0.2) is 0 Å². The summed E-state index contributed by atoms with van der Waals surface area (Å²) in [6.07, 6.45) is 1.63. The van der Waals surface area contributed by atoms with Gasteiger partial charge < -0.3 is 5.11 Å². The summed E-state index contributed by atoms with van der Waals surface area (Å²) in [5.41, 5.74) is 3.28. The Morgan fingerprint density at radius 1 is 1.14 bits per heavy atom. The summed E-state index contributed by atoms with van der Waals surface area (Å²) in [6, 6.07) is 12.0. The fourth-order valence-electron chi connectivity index (χ4n) is 1.96. The van der Waals surface area contributed by atoms with Crippen molar-refractivity contribution < 1.29 is 9.90 Å². The van der Waals surface area contributed by atoms with Crippen LogP contribution >= 0.6 is 11.6 Å². The molecule has 0 aliphatic rings. The van der Waals surface area contributed by atoms with E-state index in [4.69, 9.17) is 16.7 Å².